The quantitative estimate of drug-likeness (QED) is 0.268. The first kappa shape index (κ1) is 20.2. The summed E-state index contributed by atoms with van der Waals surface area (Å²) in [5, 5.41) is 0. The lowest BCUT2D eigenvalue weighted by molar-refractivity contribution is 0.226. The molecule has 20 heavy (non-hydrogen) atoms. The average Bonchev–Trinajstić information content (AvgIpc) is 2.47. The molecule has 1 nitrogen and oxygen atoms in total. The monoisotopic (exact) mass is 300 g/mol. The molecule has 0 amide bonds. The Hall–Kier alpha value is 0.177. The molecule has 0 saturated carbocycles. The van der Waals surface area contributed by atoms with Gasteiger partial charge in [0, 0.05) is 6.10 Å². The van der Waals surface area contributed by atoms with Crippen molar-refractivity contribution in [1.29, 1.82) is 0 Å². The Bertz CT molecular complexity index is 173. The van der Waals surface area contributed by atoms with E-state index in [2.05, 4.69) is 13.8 Å². The Morgan fingerprint density at radius 2 is 1.00 bits per heavy atom. The van der Waals surface area contributed by atoms with E-state index in [1.807, 2.05) is 0 Å². The van der Waals surface area contributed by atoms with Gasteiger partial charge < -0.3 is 4.43 Å². The molecule has 1 unspecified atom stereocenters. The highest BCUT2D eigenvalue weighted by Crippen LogP contribution is 2.13. The summed E-state index contributed by atoms with van der Waals surface area (Å²) in [6, 6.07) is 0. The van der Waals surface area contributed by atoms with Gasteiger partial charge in [-0.1, -0.05) is 96.8 Å². The first-order valence-electron chi connectivity index (χ1n) is 9.34. The largest absolute Gasteiger partial charge is 0.425 e. The molecule has 0 N–H and O–H groups in total. The molecule has 0 aromatic rings. The second-order valence-electron chi connectivity index (χ2n) is 6.43. The van der Waals surface area contributed by atoms with Crippen molar-refractivity contribution in [1.82, 2.24) is 0 Å². The SMILES string of the molecule is CCCCCCCCCCCCCCCCC(C)O[SiH3]. The van der Waals surface area contributed by atoms with Crippen molar-refractivity contribution in [3.63, 3.8) is 0 Å². The van der Waals surface area contributed by atoms with Crippen molar-refractivity contribution in [2.24, 2.45) is 0 Å². The van der Waals surface area contributed by atoms with E-state index in [1.54, 1.807) is 0 Å². The Labute approximate surface area is 131 Å². The molecule has 0 radical (unpaired) electrons. The minimum absolute atomic E-state index is 0.513. The van der Waals surface area contributed by atoms with Gasteiger partial charge in [0.25, 0.3) is 0 Å². The summed E-state index contributed by atoms with van der Waals surface area (Å²) in [5.41, 5.74) is 0. The molecule has 0 fully saturated rings. The Kier molecular flexibility index (Phi) is 17.4. The predicted molar refractivity (Wildman–Crippen MR) is 95.4 cm³/mol. The molecule has 0 spiro atoms. The van der Waals surface area contributed by atoms with Crippen LogP contribution in [-0.4, -0.2) is 16.6 Å². The summed E-state index contributed by atoms with van der Waals surface area (Å²) in [6.45, 7) is 4.50. The van der Waals surface area contributed by atoms with Crippen molar-refractivity contribution < 1.29 is 4.43 Å². The van der Waals surface area contributed by atoms with E-state index in [1.165, 1.54) is 96.3 Å². The fraction of sp³-hybridized carbons (Fsp3) is 1.00. The molecule has 0 aliphatic rings. The molecule has 0 bridgehead atoms. The van der Waals surface area contributed by atoms with E-state index >= 15 is 0 Å². The molecule has 122 valence electrons. The summed E-state index contributed by atoms with van der Waals surface area (Å²) in [5.74, 6) is 0. The Balaban J connectivity index is 2.96. The van der Waals surface area contributed by atoms with Gasteiger partial charge in [0.05, 0.1) is 0 Å². The van der Waals surface area contributed by atoms with Crippen molar-refractivity contribution in [2.45, 2.75) is 116 Å². The fourth-order valence-corrected chi connectivity index (χ4v) is 2.98. The van der Waals surface area contributed by atoms with E-state index < -0.39 is 0 Å². The normalized spacial score (nSPS) is 12.9. The molecule has 1 atom stereocenters. The lowest BCUT2D eigenvalue weighted by atomic mass is 10.0. The van der Waals surface area contributed by atoms with Gasteiger partial charge in [0.15, 0.2) is 0 Å². The van der Waals surface area contributed by atoms with Crippen LogP contribution in [0.2, 0.25) is 0 Å². The van der Waals surface area contributed by atoms with Gasteiger partial charge in [-0.05, 0) is 13.3 Å². The van der Waals surface area contributed by atoms with Crippen molar-refractivity contribution >= 4 is 10.5 Å². The molecule has 0 aliphatic heterocycles. The molecule has 0 aromatic heterocycles. The summed E-state index contributed by atoms with van der Waals surface area (Å²) < 4.78 is 5.40. The summed E-state index contributed by atoms with van der Waals surface area (Å²) >= 11 is 0. The third-order valence-electron chi connectivity index (χ3n) is 4.37. The lowest BCUT2D eigenvalue weighted by Gasteiger charge is -2.09. The highest BCUT2D eigenvalue weighted by Gasteiger charge is 1.98. The maximum absolute atomic E-state index is 5.40. The molecule has 0 saturated heterocycles. The van der Waals surface area contributed by atoms with Crippen molar-refractivity contribution in [3.05, 3.63) is 0 Å². The minimum atomic E-state index is 0.513. The predicted octanol–water partition coefficient (Wildman–Crippen LogP) is 5.54. The van der Waals surface area contributed by atoms with Gasteiger partial charge in [-0.25, -0.2) is 0 Å². The van der Waals surface area contributed by atoms with Crippen LogP contribution in [-0.2, 0) is 4.43 Å². The molecule has 0 aliphatic carbocycles. The van der Waals surface area contributed by atoms with Crippen molar-refractivity contribution in [3.8, 4) is 0 Å². The molecule has 0 aromatic carbocycles. The minimum Gasteiger partial charge on any atom is -0.425 e. The average molecular weight is 301 g/mol. The molecular weight excluding hydrogens is 260 g/mol. The molecule has 2 heteroatoms. The number of hydrogen-bond acceptors (Lipinski definition) is 1. The van der Waals surface area contributed by atoms with Crippen LogP contribution in [0.5, 0.6) is 0 Å². The first-order valence-corrected chi connectivity index (χ1v) is 10.2. The zero-order valence-corrected chi connectivity index (χ0v) is 16.6. The Morgan fingerprint density at radius 1 is 0.650 bits per heavy atom. The van der Waals surface area contributed by atoms with Crippen LogP contribution >= 0.6 is 0 Å². The van der Waals surface area contributed by atoms with Gasteiger partial charge in [-0.3, -0.25) is 0 Å². The number of hydrogen-bond donors (Lipinski definition) is 0. The van der Waals surface area contributed by atoms with Gasteiger partial charge in [0.2, 0.25) is 0 Å². The van der Waals surface area contributed by atoms with Gasteiger partial charge in [-0.2, -0.15) is 0 Å². The Morgan fingerprint density at radius 3 is 1.35 bits per heavy atom. The van der Waals surface area contributed by atoms with Crippen LogP contribution in [0.15, 0.2) is 0 Å². The van der Waals surface area contributed by atoms with Crippen molar-refractivity contribution in [2.75, 3.05) is 0 Å². The third-order valence-corrected chi connectivity index (χ3v) is 5.17. The summed E-state index contributed by atoms with van der Waals surface area (Å²) in [7, 11) is 0.894. The molecule has 0 heterocycles. The van der Waals surface area contributed by atoms with E-state index in [-0.39, 0.29) is 0 Å². The van der Waals surface area contributed by atoms with Crippen LogP contribution < -0.4 is 0 Å². The molecule has 0 rings (SSSR count). The first-order chi connectivity index (χ1) is 9.81. The highest BCUT2D eigenvalue weighted by atomic mass is 28.2. The second-order valence-corrected chi connectivity index (χ2v) is 6.90. The van der Waals surface area contributed by atoms with E-state index in [0.29, 0.717) is 6.10 Å². The lowest BCUT2D eigenvalue weighted by Crippen LogP contribution is -2.04. The van der Waals surface area contributed by atoms with E-state index in [0.717, 1.165) is 10.5 Å². The maximum Gasteiger partial charge on any atom is 0.146 e. The number of rotatable bonds is 16. The summed E-state index contributed by atoms with van der Waals surface area (Å²) in [6.07, 6.45) is 22.0. The third kappa shape index (κ3) is 16.2. The topological polar surface area (TPSA) is 9.23 Å². The maximum atomic E-state index is 5.40. The van der Waals surface area contributed by atoms with E-state index in [9.17, 15) is 0 Å². The highest BCUT2D eigenvalue weighted by molar-refractivity contribution is 5.98. The zero-order valence-electron chi connectivity index (χ0n) is 14.6. The smallest absolute Gasteiger partial charge is 0.146 e. The van der Waals surface area contributed by atoms with Gasteiger partial charge in [0.1, 0.15) is 10.5 Å². The summed E-state index contributed by atoms with van der Waals surface area (Å²) in [4.78, 5) is 0. The second kappa shape index (κ2) is 17.2. The van der Waals surface area contributed by atoms with E-state index in [4.69, 9.17) is 4.43 Å². The van der Waals surface area contributed by atoms with Gasteiger partial charge in [-0.15, -0.1) is 0 Å². The fourth-order valence-electron chi connectivity index (χ4n) is 2.74. The van der Waals surface area contributed by atoms with Crippen LogP contribution in [0, 0.1) is 0 Å². The standard InChI is InChI=1S/C18H40OSi/c1-3-4-5-6-7-8-9-10-11-12-13-14-15-16-17-18(2)19-20/h18H,3-17H2,1-2,20H3. The van der Waals surface area contributed by atoms with Crippen LogP contribution in [0.3, 0.4) is 0 Å². The van der Waals surface area contributed by atoms with Crippen LogP contribution in [0.1, 0.15) is 110 Å². The molecular formula is C18H40OSi. The number of unbranched alkanes of at least 4 members (excludes halogenated alkanes) is 13. The van der Waals surface area contributed by atoms with Crippen LogP contribution in [0.4, 0.5) is 0 Å². The van der Waals surface area contributed by atoms with Gasteiger partial charge >= 0.3 is 0 Å². The zero-order chi connectivity index (χ0) is 14.9. The van der Waals surface area contributed by atoms with Crippen LogP contribution in [0.25, 0.3) is 0 Å².